The topological polar surface area (TPSA) is 58.4 Å². The summed E-state index contributed by atoms with van der Waals surface area (Å²) in [6.45, 7) is 0.596. The van der Waals surface area contributed by atoms with Gasteiger partial charge < -0.3 is 10.0 Å². The van der Waals surface area contributed by atoms with E-state index in [1.165, 1.54) is 0 Å². The number of likely N-dealkylation sites (N-methyl/N-ethyl adjacent to an activating group) is 1. The lowest BCUT2D eigenvalue weighted by Crippen LogP contribution is -2.46. The fourth-order valence-corrected chi connectivity index (χ4v) is 2.55. The molecule has 1 aromatic rings. The maximum Gasteiger partial charge on any atom is 0.224 e. The number of aliphatic hydroxyl groups excluding tert-OH is 1. The summed E-state index contributed by atoms with van der Waals surface area (Å²) in [6.07, 6.45) is 7.50. The zero-order chi connectivity index (χ0) is 13.0. The number of hydrogen-bond donors (Lipinski definition) is 1. The van der Waals surface area contributed by atoms with Crippen molar-refractivity contribution in [2.45, 2.75) is 50.8 Å². The van der Waals surface area contributed by atoms with Gasteiger partial charge in [0.1, 0.15) is 0 Å². The Morgan fingerprint density at radius 1 is 1.50 bits per heavy atom. The number of nitrogens with zero attached hydrogens (tertiary/aromatic N) is 3. The fraction of sp³-hybridized carbons (Fsp3) is 0.692. The molecule has 1 aliphatic rings. The highest BCUT2D eigenvalue weighted by Crippen LogP contribution is 2.22. The third kappa shape index (κ3) is 3.10. The van der Waals surface area contributed by atoms with Crippen LogP contribution in [-0.2, 0) is 11.3 Å². The maximum absolute atomic E-state index is 12.1. The van der Waals surface area contributed by atoms with Crippen molar-refractivity contribution in [3.63, 3.8) is 0 Å². The molecular formula is C13H21N3O2. The van der Waals surface area contributed by atoms with Crippen molar-refractivity contribution >= 4 is 5.91 Å². The van der Waals surface area contributed by atoms with Gasteiger partial charge in [-0.3, -0.25) is 9.48 Å². The molecule has 1 N–H and O–H groups in total. The van der Waals surface area contributed by atoms with Gasteiger partial charge in [0.15, 0.2) is 0 Å². The zero-order valence-corrected chi connectivity index (χ0v) is 10.8. The molecule has 0 aromatic carbocycles. The average Bonchev–Trinajstić information content (AvgIpc) is 2.89. The van der Waals surface area contributed by atoms with Crippen LogP contribution in [0.3, 0.4) is 0 Å². The van der Waals surface area contributed by atoms with E-state index >= 15 is 0 Å². The minimum Gasteiger partial charge on any atom is -0.391 e. The molecule has 1 heterocycles. The molecule has 2 atom stereocenters. The molecular weight excluding hydrogens is 230 g/mol. The van der Waals surface area contributed by atoms with E-state index in [0.29, 0.717) is 13.0 Å². The number of carbonyl (C=O) groups excluding carboxylic acids is 1. The van der Waals surface area contributed by atoms with Crippen molar-refractivity contribution in [2.75, 3.05) is 7.05 Å². The van der Waals surface area contributed by atoms with E-state index in [-0.39, 0.29) is 18.1 Å². The molecule has 0 bridgehead atoms. The first kappa shape index (κ1) is 13.1. The lowest BCUT2D eigenvalue weighted by molar-refractivity contribution is -0.135. The van der Waals surface area contributed by atoms with Crippen molar-refractivity contribution in [3.8, 4) is 0 Å². The Balaban J connectivity index is 1.84. The van der Waals surface area contributed by atoms with Crippen molar-refractivity contribution in [3.05, 3.63) is 18.5 Å². The molecule has 1 saturated carbocycles. The van der Waals surface area contributed by atoms with Crippen LogP contribution in [0.4, 0.5) is 0 Å². The second-order valence-corrected chi connectivity index (χ2v) is 4.94. The van der Waals surface area contributed by atoms with Crippen molar-refractivity contribution in [1.29, 1.82) is 0 Å². The molecule has 0 spiro atoms. The third-order valence-electron chi connectivity index (χ3n) is 3.70. The smallest absolute Gasteiger partial charge is 0.224 e. The molecule has 1 aliphatic carbocycles. The minimum absolute atomic E-state index is 0.0103. The predicted octanol–water partition coefficient (Wildman–Crippen LogP) is 1.04. The highest BCUT2D eigenvalue weighted by molar-refractivity contribution is 5.76. The Bertz CT molecular complexity index is 378. The molecule has 5 heteroatoms. The summed E-state index contributed by atoms with van der Waals surface area (Å²) < 4.78 is 1.75. The van der Waals surface area contributed by atoms with Crippen LogP contribution in [0, 0.1) is 0 Å². The van der Waals surface area contributed by atoms with Gasteiger partial charge in [0.25, 0.3) is 0 Å². The highest BCUT2D eigenvalue weighted by Gasteiger charge is 2.28. The van der Waals surface area contributed by atoms with Crippen molar-refractivity contribution < 1.29 is 9.90 Å². The van der Waals surface area contributed by atoms with Crippen LogP contribution in [-0.4, -0.2) is 44.9 Å². The number of aryl methyl sites for hydroxylation is 1. The molecule has 1 amide bonds. The molecule has 0 saturated heterocycles. The Hall–Kier alpha value is -1.36. The van der Waals surface area contributed by atoms with E-state index < -0.39 is 0 Å². The Morgan fingerprint density at radius 3 is 2.94 bits per heavy atom. The van der Waals surface area contributed by atoms with Gasteiger partial charge in [-0.15, -0.1) is 0 Å². The lowest BCUT2D eigenvalue weighted by atomic mass is 9.91. The van der Waals surface area contributed by atoms with Crippen LogP contribution in [0.2, 0.25) is 0 Å². The van der Waals surface area contributed by atoms with E-state index in [1.54, 1.807) is 22.8 Å². The quantitative estimate of drug-likeness (QED) is 0.869. The average molecular weight is 251 g/mol. The number of hydrogen-bond acceptors (Lipinski definition) is 3. The van der Waals surface area contributed by atoms with Gasteiger partial charge in [0.2, 0.25) is 5.91 Å². The van der Waals surface area contributed by atoms with Crippen LogP contribution in [0.1, 0.15) is 32.1 Å². The summed E-state index contributed by atoms with van der Waals surface area (Å²) in [5, 5.41) is 14.0. The Morgan fingerprint density at radius 2 is 2.28 bits per heavy atom. The fourth-order valence-electron chi connectivity index (χ4n) is 2.55. The van der Waals surface area contributed by atoms with Gasteiger partial charge in [-0.05, 0) is 18.9 Å². The number of aliphatic hydroxyl groups is 1. The van der Waals surface area contributed by atoms with Gasteiger partial charge in [-0.25, -0.2) is 0 Å². The summed E-state index contributed by atoms with van der Waals surface area (Å²) in [5.74, 6) is 0.0800. The largest absolute Gasteiger partial charge is 0.391 e. The van der Waals surface area contributed by atoms with E-state index in [1.807, 2.05) is 12.3 Å². The first-order chi connectivity index (χ1) is 8.68. The SMILES string of the molecule is CN(C(=O)CCn1cccn1)C1CCCCC1O. The van der Waals surface area contributed by atoms with E-state index in [2.05, 4.69) is 5.10 Å². The highest BCUT2D eigenvalue weighted by atomic mass is 16.3. The molecule has 100 valence electrons. The number of aromatic nitrogens is 2. The van der Waals surface area contributed by atoms with Gasteiger partial charge in [0, 0.05) is 32.4 Å². The first-order valence-electron chi connectivity index (χ1n) is 6.59. The molecule has 2 unspecified atom stereocenters. The van der Waals surface area contributed by atoms with Crippen LogP contribution < -0.4 is 0 Å². The van der Waals surface area contributed by atoms with Gasteiger partial charge in [-0.2, -0.15) is 5.10 Å². The standard InChI is InChI=1S/C13H21N3O2/c1-15(11-5-2-3-6-12(11)17)13(18)7-10-16-9-4-8-14-16/h4,8-9,11-12,17H,2-3,5-7,10H2,1H3. The lowest BCUT2D eigenvalue weighted by Gasteiger charge is -2.35. The van der Waals surface area contributed by atoms with Gasteiger partial charge in [0.05, 0.1) is 12.1 Å². The summed E-state index contributed by atoms with van der Waals surface area (Å²) in [4.78, 5) is 13.8. The molecule has 5 nitrogen and oxygen atoms in total. The molecule has 18 heavy (non-hydrogen) atoms. The maximum atomic E-state index is 12.1. The molecule has 1 aromatic heterocycles. The zero-order valence-electron chi connectivity index (χ0n) is 10.8. The molecule has 0 radical (unpaired) electrons. The Kier molecular flexibility index (Phi) is 4.36. The molecule has 0 aliphatic heterocycles. The van der Waals surface area contributed by atoms with Crippen LogP contribution in [0.15, 0.2) is 18.5 Å². The third-order valence-corrected chi connectivity index (χ3v) is 3.70. The summed E-state index contributed by atoms with van der Waals surface area (Å²) in [7, 11) is 1.80. The van der Waals surface area contributed by atoms with E-state index in [0.717, 1.165) is 25.7 Å². The van der Waals surface area contributed by atoms with Gasteiger partial charge in [-0.1, -0.05) is 12.8 Å². The summed E-state index contributed by atoms with van der Waals surface area (Å²) in [5.41, 5.74) is 0. The van der Waals surface area contributed by atoms with Crippen LogP contribution in [0.5, 0.6) is 0 Å². The second kappa shape index (κ2) is 6.00. The number of carbonyl (C=O) groups is 1. The normalized spacial score (nSPS) is 23.9. The van der Waals surface area contributed by atoms with Crippen LogP contribution in [0.25, 0.3) is 0 Å². The monoisotopic (exact) mass is 251 g/mol. The number of rotatable bonds is 4. The van der Waals surface area contributed by atoms with E-state index in [4.69, 9.17) is 0 Å². The van der Waals surface area contributed by atoms with Gasteiger partial charge >= 0.3 is 0 Å². The summed E-state index contributed by atoms with van der Waals surface area (Å²) >= 11 is 0. The molecule has 2 rings (SSSR count). The van der Waals surface area contributed by atoms with E-state index in [9.17, 15) is 9.90 Å². The Labute approximate surface area is 107 Å². The van der Waals surface area contributed by atoms with Crippen LogP contribution >= 0.6 is 0 Å². The van der Waals surface area contributed by atoms with Crippen molar-refractivity contribution in [2.24, 2.45) is 0 Å². The first-order valence-corrected chi connectivity index (χ1v) is 6.59. The second-order valence-electron chi connectivity index (χ2n) is 4.94. The number of amides is 1. The minimum atomic E-state index is -0.364. The predicted molar refractivity (Wildman–Crippen MR) is 67.9 cm³/mol. The molecule has 1 fully saturated rings. The summed E-state index contributed by atoms with van der Waals surface area (Å²) in [6, 6.07) is 1.84. The van der Waals surface area contributed by atoms with Crippen molar-refractivity contribution in [1.82, 2.24) is 14.7 Å².